The monoisotopic (exact) mass is 268 g/mol. The summed E-state index contributed by atoms with van der Waals surface area (Å²) in [7, 11) is 0. The van der Waals surface area contributed by atoms with Gasteiger partial charge >= 0.3 is 5.97 Å². The van der Waals surface area contributed by atoms with Crippen molar-refractivity contribution in [3.8, 4) is 0 Å². The molecule has 0 aromatic carbocycles. The fourth-order valence-corrected chi connectivity index (χ4v) is 1.83. The molecule has 0 unspecified atom stereocenters. The Morgan fingerprint density at radius 3 is 3.07 bits per heavy atom. The molecule has 0 saturated carbocycles. The van der Waals surface area contributed by atoms with Crippen LogP contribution in [0, 0.1) is 0 Å². The zero-order chi connectivity index (χ0) is 10.8. The molecule has 5 heteroatoms. The molecular weight excluding hydrogens is 260 g/mol. The van der Waals surface area contributed by atoms with Crippen molar-refractivity contribution < 1.29 is 9.90 Å². The number of nitrogens with zero attached hydrogens (tertiary/aromatic N) is 2. The summed E-state index contributed by atoms with van der Waals surface area (Å²) in [5.74, 6) is -0.800. The summed E-state index contributed by atoms with van der Waals surface area (Å²) in [5, 5.41) is 8.56. The number of aromatic nitrogens is 2. The van der Waals surface area contributed by atoms with Gasteiger partial charge in [0.15, 0.2) is 5.65 Å². The lowest BCUT2D eigenvalue weighted by Gasteiger charge is -1.92. The minimum Gasteiger partial charge on any atom is -0.481 e. The van der Waals surface area contributed by atoms with Crippen LogP contribution >= 0.6 is 15.9 Å². The van der Waals surface area contributed by atoms with E-state index in [4.69, 9.17) is 5.11 Å². The van der Waals surface area contributed by atoms with Crippen LogP contribution in [0.25, 0.3) is 5.65 Å². The van der Waals surface area contributed by atoms with Crippen LogP contribution in [0.15, 0.2) is 29.0 Å². The van der Waals surface area contributed by atoms with Gasteiger partial charge in [0, 0.05) is 18.8 Å². The first-order chi connectivity index (χ1) is 7.16. The van der Waals surface area contributed by atoms with Crippen LogP contribution in [0.4, 0.5) is 0 Å². The highest BCUT2D eigenvalue weighted by atomic mass is 79.9. The first-order valence-electron chi connectivity index (χ1n) is 4.51. The molecule has 2 aromatic rings. The van der Waals surface area contributed by atoms with Gasteiger partial charge in [0.25, 0.3) is 0 Å². The molecule has 0 aliphatic rings. The van der Waals surface area contributed by atoms with Gasteiger partial charge in [-0.1, -0.05) is 0 Å². The lowest BCUT2D eigenvalue weighted by atomic mass is 10.2. The van der Waals surface area contributed by atoms with Crippen molar-refractivity contribution in [1.82, 2.24) is 9.38 Å². The molecule has 0 amide bonds. The Balaban J connectivity index is 2.31. The molecule has 2 aromatic heterocycles. The molecular formula is C10H9BrN2O2. The normalized spacial score (nSPS) is 10.7. The second-order valence-corrected chi connectivity index (χ2v) is 4.07. The van der Waals surface area contributed by atoms with E-state index in [2.05, 4.69) is 20.9 Å². The van der Waals surface area contributed by atoms with E-state index in [1.54, 1.807) is 0 Å². The second kappa shape index (κ2) is 4.02. The minimum atomic E-state index is -0.800. The number of carboxylic acids is 1. The molecule has 0 saturated heterocycles. The highest BCUT2D eigenvalue weighted by Gasteiger charge is 2.05. The van der Waals surface area contributed by atoms with Crippen molar-refractivity contribution >= 4 is 27.5 Å². The largest absolute Gasteiger partial charge is 0.481 e. The van der Waals surface area contributed by atoms with E-state index in [0.29, 0.717) is 6.42 Å². The Morgan fingerprint density at radius 2 is 2.40 bits per heavy atom. The smallest absolute Gasteiger partial charge is 0.303 e. The maximum absolute atomic E-state index is 10.4. The number of aliphatic carboxylic acids is 1. The van der Waals surface area contributed by atoms with Gasteiger partial charge in [-0.15, -0.1) is 0 Å². The lowest BCUT2D eigenvalue weighted by molar-refractivity contribution is -0.136. The third-order valence-corrected chi connectivity index (χ3v) is 2.70. The number of imidazole rings is 1. The maximum atomic E-state index is 10.4. The van der Waals surface area contributed by atoms with Crippen LogP contribution in [-0.2, 0) is 11.2 Å². The molecule has 0 fully saturated rings. The number of fused-ring (bicyclic) bond motifs is 1. The standard InChI is InChI=1S/C10H9BrN2O2/c11-8-2-1-5-13-6-7(12-10(8)13)3-4-9(14)15/h1-2,5-6H,3-4H2,(H,14,15). The number of aryl methyl sites for hydroxylation is 1. The molecule has 1 N–H and O–H groups in total. The Bertz CT molecular complexity index is 507. The second-order valence-electron chi connectivity index (χ2n) is 3.21. The van der Waals surface area contributed by atoms with Gasteiger partial charge in [-0.3, -0.25) is 4.79 Å². The average molecular weight is 269 g/mol. The van der Waals surface area contributed by atoms with Crippen molar-refractivity contribution in [2.45, 2.75) is 12.8 Å². The number of carboxylic acid groups (broad SMARTS) is 1. The van der Waals surface area contributed by atoms with E-state index < -0.39 is 5.97 Å². The summed E-state index contributed by atoms with van der Waals surface area (Å²) >= 11 is 3.39. The maximum Gasteiger partial charge on any atom is 0.303 e. The zero-order valence-corrected chi connectivity index (χ0v) is 9.44. The van der Waals surface area contributed by atoms with Crippen molar-refractivity contribution in [2.75, 3.05) is 0 Å². The predicted molar refractivity (Wildman–Crippen MR) is 58.8 cm³/mol. The third-order valence-electron chi connectivity index (χ3n) is 2.08. The van der Waals surface area contributed by atoms with E-state index in [-0.39, 0.29) is 6.42 Å². The molecule has 0 spiro atoms. The molecule has 0 aliphatic heterocycles. The third kappa shape index (κ3) is 2.18. The molecule has 4 nitrogen and oxygen atoms in total. The van der Waals surface area contributed by atoms with Crippen molar-refractivity contribution in [2.24, 2.45) is 0 Å². The summed E-state index contributed by atoms with van der Waals surface area (Å²) in [6.45, 7) is 0. The van der Waals surface area contributed by atoms with Crippen molar-refractivity contribution in [3.63, 3.8) is 0 Å². The minimum absolute atomic E-state index is 0.113. The molecule has 0 aliphatic carbocycles. The van der Waals surface area contributed by atoms with Crippen LogP contribution in [0.3, 0.4) is 0 Å². The summed E-state index contributed by atoms with van der Waals surface area (Å²) in [4.78, 5) is 14.7. The van der Waals surface area contributed by atoms with Crippen LogP contribution in [0.1, 0.15) is 12.1 Å². The molecule has 0 bridgehead atoms. The fraction of sp³-hybridized carbons (Fsp3) is 0.200. The molecule has 0 atom stereocenters. The topological polar surface area (TPSA) is 54.6 Å². The van der Waals surface area contributed by atoms with Crippen LogP contribution < -0.4 is 0 Å². The first kappa shape index (κ1) is 10.2. The van der Waals surface area contributed by atoms with Gasteiger partial charge in [0.1, 0.15) is 0 Å². The quantitative estimate of drug-likeness (QED) is 0.928. The SMILES string of the molecule is O=C(O)CCc1cn2cccc(Br)c2n1. The van der Waals surface area contributed by atoms with Crippen molar-refractivity contribution in [1.29, 1.82) is 0 Å². The van der Waals surface area contributed by atoms with Gasteiger partial charge in [0.2, 0.25) is 0 Å². The highest BCUT2D eigenvalue weighted by molar-refractivity contribution is 9.10. The van der Waals surface area contributed by atoms with Crippen molar-refractivity contribution in [3.05, 3.63) is 34.7 Å². The predicted octanol–water partition coefficient (Wildman–Crippen LogP) is 2.11. The van der Waals surface area contributed by atoms with Gasteiger partial charge in [-0.25, -0.2) is 4.98 Å². The van der Waals surface area contributed by atoms with E-state index in [9.17, 15) is 4.79 Å². The number of carbonyl (C=O) groups is 1. The first-order valence-corrected chi connectivity index (χ1v) is 5.30. The van der Waals surface area contributed by atoms with E-state index in [1.165, 1.54) is 0 Å². The highest BCUT2D eigenvalue weighted by Crippen LogP contribution is 2.17. The molecule has 2 rings (SSSR count). The number of pyridine rings is 1. The van der Waals surface area contributed by atoms with E-state index >= 15 is 0 Å². The van der Waals surface area contributed by atoms with Gasteiger partial charge in [-0.05, 0) is 28.1 Å². The summed E-state index contributed by atoms with van der Waals surface area (Å²) < 4.78 is 2.79. The number of rotatable bonds is 3. The van der Waals surface area contributed by atoms with E-state index in [1.807, 2.05) is 28.9 Å². The van der Waals surface area contributed by atoms with E-state index in [0.717, 1.165) is 15.8 Å². The fourth-order valence-electron chi connectivity index (χ4n) is 1.38. The Hall–Kier alpha value is -1.36. The van der Waals surface area contributed by atoms with Gasteiger partial charge in [0.05, 0.1) is 16.6 Å². The number of halogens is 1. The van der Waals surface area contributed by atoms with Crippen LogP contribution in [0.5, 0.6) is 0 Å². The zero-order valence-electron chi connectivity index (χ0n) is 7.85. The van der Waals surface area contributed by atoms with Gasteiger partial charge < -0.3 is 9.51 Å². The summed E-state index contributed by atoms with van der Waals surface area (Å²) in [6, 6.07) is 3.81. The summed E-state index contributed by atoms with van der Waals surface area (Å²) in [5.41, 5.74) is 1.61. The molecule has 78 valence electrons. The van der Waals surface area contributed by atoms with Crippen LogP contribution in [-0.4, -0.2) is 20.5 Å². The number of hydrogen-bond acceptors (Lipinski definition) is 2. The Kier molecular flexibility index (Phi) is 2.73. The number of hydrogen-bond donors (Lipinski definition) is 1. The molecule has 15 heavy (non-hydrogen) atoms. The molecule has 2 heterocycles. The Morgan fingerprint density at radius 1 is 1.60 bits per heavy atom. The molecule has 0 radical (unpaired) electrons. The average Bonchev–Trinajstić information content (AvgIpc) is 2.59. The Labute approximate surface area is 94.7 Å². The van der Waals surface area contributed by atoms with Crippen LogP contribution in [0.2, 0.25) is 0 Å². The van der Waals surface area contributed by atoms with Gasteiger partial charge in [-0.2, -0.15) is 0 Å². The summed E-state index contributed by atoms with van der Waals surface area (Å²) in [6.07, 6.45) is 4.31. The lowest BCUT2D eigenvalue weighted by Crippen LogP contribution is -1.97.